The molecule has 0 aliphatic heterocycles. The molecule has 1 heterocycles. The van der Waals surface area contributed by atoms with Gasteiger partial charge in [0.25, 0.3) is 0 Å². The quantitative estimate of drug-likeness (QED) is 0.800. The minimum atomic E-state index is -0.0390. The van der Waals surface area contributed by atoms with Gasteiger partial charge in [-0.05, 0) is 18.7 Å². The van der Waals surface area contributed by atoms with E-state index in [9.17, 15) is 5.11 Å². The lowest BCUT2D eigenvalue weighted by atomic mass is 10.2. The topological polar surface area (TPSA) is 60.2 Å². The van der Waals surface area contributed by atoms with Gasteiger partial charge in [0.2, 0.25) is 5.88 Å². The fourth-order valence-electron chi connectivity index (χ4n) is 1.38. The summed E-state index contributed by atoms with van der Waals surface area (Å²) in [4.78, 5) is 5.83. The third-order valence-corrected chi connectivity index (χ3v) is 2.51. The average molecular weight is 240 g/mol. The van der Waals surface area contributed by atoms with Gasteiger partial charge in [-0.3, -0.25) is 4.90 Å². The number of halogens is 1. The van der Waals surface area contributed by atoms with Crippen LogP contribution in [0, 0.1) is 11.3 Å². The van der Waals surface area contributed by atoms with E-state index in [1.807, 2.05) is 6.92 Å². The first kappa shape index (κ1) is 12.8. The van der Waals surface area contributed by atoms with E-state index in [-0.39, 0.29) is 11.0 Å². The Balaban J connectivity index is 2.67. The molecule has 0 bridgehead atoms. The zero-order valence-corrected chi connectivity index (χ0v) is 9.91. The monoisotopic (exact) mass is 239 g/mol. The first-order valence-electron chi connectivity index (χ1n) is 5.11. The van der Waals surface area contributed by atoms with Crippen LogP contribution >= 0.6 is 11.6 Å². The van der Waals surface area contributed by atoms with E-state index in [0.29, 0.717) is 19.5 Å². The maximum absolute atomic E-state index is 9.57. The molecule has 0 aromatic carbocycles. The van der Waals surface area contributed by atoms with Crippen LogP contribution in [-0.2, 0) is 6.54 Å². The molecule has 1 aromatic heterocycles. The highest BCUT2D eigenvalue weighted by Crippen LogP contribution is 2.18. The minimum absolute atomic E-state index is 0.0390. The van der Waals surface area contributed by atoms with Crippen LogP contribution in [0.4, 0.5) is 0 Å². The third-order valence-electron chi connectivity index (χ3n) is 2.30. The second-order valence-electron chi connectivity index (χ2n) is 3.39. The van der Waals surface area contributed by atoms with Crippen molar-refractivity contribution in [1.29, 1.82) is 5.26 Å². The minimum Gasteiger partial charge on any atom is -0.493 e. The lowest BCUT2D eigenvalue weighted by molar-refractivity contribution is 0.281. The largest absolute Gasteiger partial charge is 0.493 e. The Bertz CT molecular complexity index is 389. The van der Waals surface area contributed by atoms with Crippen molar-refractivity contribution >= 4 is 11.6 Å². The highest BCUT2D eigenvalue weighted by Gasteiger charge is 2.08. The SMILES string of the molecule is CCN(CCC#N)Cc1ccc(Cl)nc1O. The third kappa shape index (κ3) is 3.69. The Kier molecular flexibility index (Phi) is 5.03. The lowest BCUT2D eigenvalue weighted by Crippen LogP contribution is -2.23. The molecule has 0 aliphatic rings. The second-order valence-corrected chi connectivity index (χ2v) is 3.78. The molecule has 5 heteroatoms. The first-order chi connectivity index (χ1) is 7.67. The number of nitriles is 1. The van der Waals surface area contributed by atoms with E-state index in [2.05, 4.69) is 16.0 Å². The predicted molar refractivity (Wildman–Crippen MR) is 62.1 cm³/mol. The summed E-state index contributed by atoms with van der Waals surface area (Å²) >= 11 is 5.64. The van der Waals surface area contributed by atoms with E-state index in [1.165, 1.54) is 0 Å². The number of aromatic nitrogens is 1. The van der Waals surface area contributed by atoms with E-state index in [0.717, 1.165) is 12.1 Å². The molecule has 0 unspecified atom stereocenters. The van der Waals surface area contributed by atoms with E-state index < -0.39 is 0 Å². The van der Waals surface area contributed by atoms with Crippen molar-refractivity contribution < 1.29 is 5.11 Å². The smallest absolute Gasteiger partial charge is 0.216 e. The van der Waals surface area contributed by atoms with Gasteiger partial charge in [-0.15, -0.1) is 0 Å². The molecule has 1 rings (SSSR count). The summed E-state index contributed by atoms with van der Waals surface area (Å²) in [5, 5.41) is 18.4. The molecule has 16 heavy (non-hydrogen) atoms. The van der Waals surface area contributed by atoms with Crippen molar-refractivity contribution in [2.75, 3.05) is 13.1 Å². The van der Waals surface area contributed by atoms with Crippen LogP contribution < -0.4 is 0 Å². The molecule has 1 aromatic rings. The van der Waals surface area contributed by atoms with Crippen molar-refractivity contribution in [3.8, 4) is 11.9 Å². The Hall–Kier alpha value is -1.31. The molecule has 0 radical (unpaired) electrons. The second kappa shape index (κ2) is 6.31. The number of pyridine rings is 1. The van der Waals surface area contributed by atoms with Gasteiger partial charge in [0.1, 0.15) is 5.15 Å². The Labute approximate surface area is 100 Å². The van der Waals surface area contributed by atoms with Gasteiger partial charge in [-0.1, -0.05) is 18.5 Å². The number of hydrogen-bond donors (Lipinski definition) is 1. The van der Waals surface area contributed by atoms with E-state index in [4.69, 9.17) is 16.9 Å². The Morgan fingerprint density at radius 1 is 1.56 bits per heavy atom. The van der Waals surface area contributed by atoms with E-state index >= 15 is 0 Å². The van der Waals surface area contributed by atoms with Gasteiger partial charge in [0.05, 0.1) is 6.07 Å². The lowest BCUT2D eigenvalue weighted by Gasteiger charge is -2.19. The normalized spacial score (nSPS) is 10.4. The molecule has 0 spiro atoms. The van der Waals surface area contributed by atoms with Crippen LogP contribution in [-0.4, -0.2) is 28.1 Å². The summed E-state index contributed by atoms with van der Waals surface area (Å²) in [6, 6.07) is 5.50. The van der Waals surface area contributed by atoms with Crippen molar-refractivity contribution in [1.82, 2.24) is 9.88 Å². The van der Waals surface area contributed by atoms with E-state index in [1.54, 1.807) is 12.1 Å². The van der Waals surface area contributed by atoms with Crippen LogP contribution in [0.3, 0.4) is 0 Å². The maximum Gasteiger partial charge on any atom is 0.216 e. The van der Waals surface area contributed by atoms with Crippen LogP contribution in [0.5, 0.6) is 5.88 Å². The number of hydrogen-bond acceptors (Lipinski definition) is 4. The fraction of sp³-hybridized carbons (Fsp3) is 0.455. The molecule has 0 saturated carbocycles. The van der Waals surface area contributed by atoms with Crippen molar-refractivity contribution in [2.24, 2.45) is 0 Å². The van der Waals surface area contributed by atoms with Gasteiger partial charge >= 0.3 is 0 Å². The summed E-state index contributed by atoms with van der Waals surface area (Å²) in [7, 11) is 0. The number of rotatable bonds is 5. The summed E-state index contributed by atoms with van der Waals surface area (Å²) in [6.45, 7) is 4.10. The first-order valence-corrected chi connectivity index (χ1v) is 5.48. The van der Waals surface area contributed by atoms with Crippen molar-refractivity contribution in [2.45, 2.75) is 19.9 Å². The molecular weight excluding hydrogens is 226 g/mol. The predicted octanol–water partition coefficient (Wildman–Crippen LogP) is 2.18. The van der Waals surface area contributed by atoms with Gasteiger partial charge in [-0.25, -0.2) is 4.98 Å². The summed E-state index contributed by atoms with van der Waals surface area (Å²) in [5.74, 6) is -0.0390. The number of aromatic hydroxyl groups is 1. The summed E-state index contributed by atoms with van der Waals surface area (Å²) in [6.07, 6.45) is 0.482. The molecule has 0 saturated heterocycles. The van der Waals surface area contributed by atoms with Gasteiger partial charge < -0.3 is 5.11 Å². The standard InChI is InChI=1S/C11H14ClN3O/c1-2-15(7-3-6-13)8-9-4-5-10(12)14-11(9)16/h4-5H,2-3,7-8H2,1H3,(H,14,16). The molecule has 0 amide bonds. The maximum atomic E-state index is 9.57. The molecular formula is C11H14ClN3O. The van der Waals surface area contributed by atoms with Gasteiger partial charge in [0.15, 0.2) is 0 Å². The van der Waals surface area contributed by atoms with Crippen molar-refractivity contribution in [3.63, 3.8) is 0 Å². The van der Waals surface area contributed by atoms with Crippen LogP contribution in [0.2, 0.25) is 5.15 Å². The summed E-state index contributed by atoms with van der Waals surface area (Å²) in [5.41, 5.74) is 0.726. The Morgan fingerprint density at radius 3 is 2.88 bits per heavy atom. The van der Waals surface area contributed by atoms with Crippen LogP contribution in [0.15, 0.2) is 12.1 Å². The highest BCUT2D eigenvalue weighted by molar-refractivity contribution is 6.29. The average Bonchev–Trinajstić information content (AvgIpc) is 2.27. The van der Waals surface area contributed by atoms with Crippen LogP contribution in [0.1, 0.15) is 18.9 Å². The molecule has 0 atom stereocenters. The molecule has 86 valence electrons. The molecule has 4 nitrogen and oxygen atoms in total. The summed E-state index contributed by atoms with van der Waals surface area (Å²) < 4.78 is 0. The zero-order valence-electron chi connectivity index (χ0n) is 9.15. The zero-order chi connectivity index (χ0) is 12.0. The van der Waals surface area contributed by atoms with Gasteiger partial charge in [-0.2, -0.15) is 5.26 Å². The van der Waals surface area contributed by atoms with Crippen molar-refractivity contribution in [3.05, 3.63) is 22.8 Å². The molecule has 1 N–H and O–H groups in total. The highest BCUT2D eigenvalue weighted by atomic mass is 35.5. The molecule has 0 fully saturated rings. The molecule has 0 aliphatic carbocycles. The number of nitrogens with zero attached hydrogens (tertiary/aromatic N) is 3. The van der Waals surface area contributed by atoms with Gasteiger partial charge in [0, 0.05) is 25.1 Å². The fourth-order valence-corrected chi connectivity index (χ4v) is 1.52. The van der Waals surface area contributed by atoms with Crippen LogP contribution in [0.25, 0.3) is 0 Å². The Morgan fingerprint density at radius 2 is 2.31 bits per heavy atom.